The predicted octanol–water partition coefficient (Wildman–Crippen LogP) is 1.68. The zero-order valence-electron chi connectivity index (χ0n) is 9.15. The molecule has 18 heavy (non-hydrogen) atoms. The Kier molecular flexibility index (Phi) is 3.16. The van der Waals surface area contributed by atoms with Crippen LogP contribution < -0.4 is 9.64 Å². The average molecular weight is 261 g/mol. The quantitative estimate of drug-likeness (QED) is 0.881. The second-order valence-corrected chi connectivity index (χ2v) is 3.90. The summed E-state index contributed by atoms with van der Waals surface area (Å²) in [5.41, 5.74) is 0.436. The Hall–Kier alpha value is -1.76. The zero-order chi connectivity index (χ0) is 13.3. The van der Waals surface area contributed by atoms with Crippen LogP contribution in [0, 0.1) is 0 Å². The number of carbonyl (C=O) groups excluding carboxylic acids is 1. The fraction of sp³-hybridized carbons (Fsp3) is 0.364. The van der Waals surface area contributed by atoms with Crippen molar-refractivity contribution in [1.29, 1.82) is 0 Å². The lowest BCUT2D eigenvalue weighted by molar-refractivity contribution is -0.274. The number of aliphatic hydroxyl groups excluding tert-OH is 1. The van der Waals surface area contributed by atoms with Gasteiger partial charge in [0.25, 0.3) is 0 Å². The van der Waals surface area contributed by atoms with Crippen molar-refractivity contribution in [3.63, 3.8) is 0 Å². The lowest BCUT2D eigenvalue weighted by Crippen LogP contribution is -2.25. The van der Waals surface area contributed by atoms with E-state index in [-0.39, 0.29) is 24.6 Å². The summed E-state index contributed by atoms with van der Waals surface area (Å²) in [7, 11) is 0. The van der Waals surface area contributed by atoms with Crippen LogP contribution in [0.1, 0.15) is 6.42 Å². The van der Waals surface area contributed by atoms with Crippen LogP contribution >= 0.6 is 0 Å². The van der Waals surface area contributed by atoms with Crippen molar-refractivity contribution in [2.45, 2.75) is 18.9 Å². The normalized spacial score (nSPS) is 20.3. The molecule has 0 aromatic heterocycles. The minimum Gasteiger partial charge on any atom is -0.406 e. The first-order chi connectivity index (χ1) is 8.35. The summed E-state index contributed by atoms with van der Waals surface area (Å²) in [4.78, 5) is 12.8. The van der Waals surface area contributed by atoms with Crippen molar-refractivity contribution in [1.82, 2.24) is 0 Å². The number of amides is 1. The third-order valence-electron chi connectivity index (χ3n) is 2.49. The minimum atomic E-state index is -4.73. The first kappa shape index (κ1) is 12.7. The zero-order valence-corrected chi connectivity index (χ0v) is 9.15. The second-order valence-electron chi connectivity index (χ2n) is 3.90. The Bertz CT molecular complexity index is 444. The number of hydrogen-bond acceptors (Lipinski definition) is 3. The van der Waals surface area contributed by atoms with E-state index in [4.69, 9.17) is 0 Å². The number of nitrogens with zero attached hydrogens (tertiary/aromatic N) is 1. The Balaban J connectivity index is 2.11. The van der Waals surface area contributed by atoms with E-state index in [0.717, 1.165) is 12.1 Å². The Morgan fingerprint density at radius 3 is 2.33 bits per heavy atom. The smallest absolute Gasteiger partial charge is 0.406 e. The molecule has 98 valence electrons. The fourth-order valence-electron chi connectivity index (χ4n) is 1.77. The highest BCUT2D eigenvalue weighted by Gasteiger charge is 2.32. The van der Waals surface area contributed by atoms with E-state index in [0.29, 0.717) is 5.69 Å². The topological polar surface area (TPSA) is 49.8 Å². The number of anilines is 1. The fourth-order valence-corrected chi connectivity index (χ4v) is 1.77. The van der Waals surface area contributed by atoms with Crippen LogP contribution in [0.5, 0.6) is 5.75 Å². The predicted molar refractivity (Wildman–Crippen MR) is 56.1 cm³/mol. The van der Waals surface area contributed by atoms with E-state index in [1.807, 2.05) is 0 Å². The van der Waals surface area contributed by atoms with Gasteiger partial charge in [-0.2, -0.15) is 0 Å². The maximum absolute atomic E-state index is 11.9. The molecule has 1 aliphatic heterocycles. The van der Waals surface area contributed by atoms with Crippen LogP contribution in [0.2, 0.25) is 0 Å². The van der Waals surface area contributed by atoms with Crippen LogP contribution in [0.3, 0.4) is 0 Å². The number of carbonyl (C=O) groups is 1. The molecule has 1 saturated heterocycles. The van der Waals surface area contributed by atoms with E-state index in [9.17, 15) is 23.1 Å². The van der Waals surface area contributed by atoms with Crippen molar-refractivity contribution in [3.05, 3.63) is 24.3 Å². The van der Waals surface area contributed by atoms with E-state index in [2.05, 4.69) is 4.74 Å². The van der Waals surface area contributed by atoms with Crippen LogP contribution in [0.4, 0.5) is 18.9 Å². The molecule has 0 bridgehead atoms. The highest BCUT2D eigenvalue weighted by atomic mass is 19.4. The number of benzene rings is 1. The maximum atomic E-state index is 11.9. The number of ether oxygens (including phenoxy) is 1. The number of hydrogen-bond donors (Lipinski definition) is 1. The Labute approximate surface area is 101 Å². The summed E-state index contributed by atoms with van der Waals surface area (Å²) in [5.74, 6) is -0.606. The molecule has 1 aliphatic rings. The van der Waals surface area contributed by atoms with E-state index >= 15 is 0 Å². The third kappa shape index (κ3) is 2.92. The highest BCUT2D eigenvalue weighted by Crippen LogP contribution is 2.27. The van der Waals surface area contributed by atoms with Crippen molar-refractivity contribution < 1.29 is 27.8 Å². The molecule has 0 spiro atoms. The molecular formula is C11H10F3NO3. The Morgan fingerprint density at radius 2 is 1.89 bits per heavy atom. The molecule has 1 N–H and O–H groups in total. The molecule has 0 radical (unpaired) electrons. The largest absolute Gasteiger partial charge is 0.573 e. The highest BCUT2D eigenvalue weighted by molar-refractivity contribution is 5.96. The molecule has 1 amide bonds. The number of halogens is 3. The van der Waals surface area contributed by atoms with Gasteiger partial charge in [0.1, 0.15) is 5.75 Å². The summed E-state index contributed by atoms with van der Waals surface area (Å²) >= 11 is 0. The Morgan fingerprint density at radius 1 is 1.28 bits per heavy atom. The molecule has 1 unspecified atom stereocenters. The monoisotopic (exact) mass is 261 g/mol. The molecule has 0 saturated carbocycles. The third-order valence-corrected chi connectivity index (χ3v) is 2.49. The van der Waals surface area contributed by atoms with Crippen LogP contribution in [0.25, 0.3) is 0 Å². The summed E-state index contributed by atoms with van der Waals surface area (Å²) < 4.78 is 39.5. The summed E-state index contributed by atoms with van der Waals surface area (Å²) in [6, 6.07) is 4.94. The van der Waals surface area contributed by atoms with Gasteiger partial charge >= 0.3 is 6.36 Å². The molecule has 2 rings (SSSR count). The molecule has 1 aromatic rings. The number of alkyl halides is 3. The van der Waals surface area contributed by atoms with Gasteiger partial charge < -0.3 is 14.7 Å². The average Bonchev–Trinajstić information content (AvgIpc) is 2.57. The van der Waals surface area contributed by atoms with Gasteiger partial charge in [0, 0.05) is 5.69 Å². The summed E-state index contributed by atoms with van der Waals surface area (Å²) in [5, 5.41) is 9.30. The SMILES string of the molecule is O=C1CC(O)CN1c1ccc(OC(F)(F)F)cc1. The molecule has 1 atom stereocenters. The molecular weight excluding hydrogens is 251 g/mol. The molecule has 4 nitrogen and oxygen atoms in total. The molecule has 1 aromatic carbocycles. The number of β-amino-alcohol motifs (C(OH)–C–C–N with tert-alkyl or cyclic N) is 1. The maximum Gasteiger partial charge on any atom is 0.573 e. The van der Waals surface area contributed by atoms with Gasteiger partial charge in [0.05, 0.1) is 19.1 Å². The van der Waals surface area contributed by atoms with Gasteiger partial charge in [0.2, 0.25) is 5.91 Å². The summed E-state index contributed by atoms with van der Waals surface area (Å²) in [6.07, 6.45) is -5.44. The first-order valence-electron chi connectivity index (χ1n) is 5.19. The standard InChI is InChI=1S/C11H10F3NO3/c12-11(13,14)18-9-3-1-7(2-4-9)15-6-8(16)5-10(15)17/h1-4,8,16H,5-6H2. The van der Waals surface area contributed by atoms with Crippen molar-refractivity contribution in [2.75, 3.05) is 11.4 Å². The van der Waals surface area contributed by atoms with E-state index in [1.54, 1.807) is 0 Å². The number of rotatable bonds is 2. The molecule has 7 heteroatoms. The first-order valence-corrected chi connectivity index (χ1v) is 5.19. The van der Waals surface area contributed by atoms with Crippen molar-refractivity contribution in [2.24, 2.45) is 0 Å². The van der Waals surface area contributed by atoms with Gasteiger partial charge in [-0.15, -0.1) is 13.2 Å². The van der Waals surface area contributed by atoms with E-state index in [1.165, 1.54) is 17.0 Å². The summed E-state index contributed by atoms with van der Waals surface area (Å²) in [6.45, 7) is 0.151. The minimum absolute atomic E-state index is 0.0286. The van der Waals surface area contributed by atoms with Crippen LogP contribution in [0.15, 0.2) is 24.3 Å². The van der Waals surface area contributed by atoms with Gasteiger partial charge in [-0.25, -0.2) is 0 Å². The van der Waals surface area contributed by atoms with Crippen molar-refractivity contribution >= 4 is 11.6 Å². The van der Waals surface area contributed by atoms with Crippen LogP contribution in [-0.4, -0.2) is 30.0 Å². The lowest BCUT2D eigenvalue weighted by Gasteiger charge is -2.16. The van der Waals surface area contributed by atoms with Gasteiger partial charge in [-0.1, -0.05) is 0 Å². The van der Waals surface area contributed by atoms with Gasteiger partial charge in [-0.3, -0.25) is 4.79 Å². The molecule has 0 aliphatic carbocycles. The molecule has 1 fully saturated rings. The lowest BCUT2D eigenvalue weighted by atomic mass is 10.3. The van der Waals surface area contributed by atoms with Gasteiger partial charge in [0.15, 0.2) is 0 Å². The van der Waals surface area contributed by atoms with E-state index < -0.39 is 12.5 Å². The second kappa shape index (κ2) is 4.49. The number of aliphatic hydroxyl groups is 1. The van der Waals surface area contributed by atoms with Crippen LogP contribution in [-0.2, 0) is 4.79 Å². The molecule has 1 heterocycles. The van der Waals surface area contributed by atoms with Gasteiger partial charge in [-0.05, 0) is 24.3 Å². The van der Waals surface area contributed by atoms with Crippen molar-refractivity contribution in [3.8, 4) is 5.75 Å².